The summed E-state index contributed by atoms with van der Waals surface area (Å²) < 4.78 is 0. The van der Waals surface area contributed by atoms with Crippen LogP contribution in [0.4, 0.5) is 0 Å². The number of ketones is 1. The molecule has 0 fully saturated rings. The normalized spacial score (nSPS) is 10.9. The van der Waals surface area contributed by atoms with Crippen LogP contribution in [0.5, 0.6) is 0 Å². The molecule has 138 valence electrons. The van der Waals surface area contributed by atoms with Crippen molar-refractivity contribution in [2.75, 3.05) is 0 Å². The Morgan fingerprint density at radius 2 is 1.90 bits per heavy atom. The smallest absolute Gasteiger partial charge is 0.260 e. The van der Waals surface area contributed by atoms with E-state index in [9.17, 15) is 9.59 Å². The first-order valence-corrected chi connectivity index (χ1v) is 8.95. The highest BCUT2D eigenvalue weighted by atomic mass is 16.1. The van der Waals surface area contributed by atoms with Crippen molar-refractivity contribution in [2.24, 2.45) is 0 Å². The minimum absolute atomic E-state index is 0.0718. The van der Waals surface area contributed by atoms with Crippen LogP contribution < -0.4 is 5.56 Å². The van der Waals surface area contributed by atoms with Gasteiger partial charge < -0.3 is 4.98 Å². The second-order valence-corrected chi connectivity index (χ2v) is 6.43. The number of pyridine rings is 2. The number of aromatic amines is 1. The molecule has 0 atom stereocenters. The lowest BCUT2D eigenvalue weighted by Gasteiger charge is -2.11. The highest BCUT2D eigenvalue weighted by molar-refractivity contribution is 6.14. The summed E-state index contributed by atoms with van der Waals surface area (Å²) in [7, 11) is 0. The van der Waals surface area contributed by atoms with Gasteiger partial charge in [-0.3, -0.25) is 14.6 Å². The van der Waals surface area contributed by atoms with E-state index in [1.54, 1.807) is 48.8 Å². The van der Waals surface area contributed by atoms with Crippen LogP contribution in [-0.4, -0.2) is 15.8 Å². The topological polar surface area (TPSA) is 86.6 Å². The van der Waals surface area contributed by atoms with E-state index in [-0.39, 0.29) is 5.56 Å². The molecule has 2 aromatic carbocycles. The average Bonchev–Trinajstić information content (AvgIpc) is 2.77. The fraction of sp³-hybridized carbons (Fsp3) is 0. The van der Waals surface area contributed by atoms with Gasteiger partial charge in [-0.05, 0) is 35.4 Å². The summed E-state index contributed by atoms with van der Waals surface area (Å²) in [6, 6.07) is 20.1. The van der Waals surface area contributed by atoms with Crippen molar-refractivity contribution in [3.05, 3.63) is 106 Å². The number of aromatic nitrogens is 2. The molecular formula is C24H15N3O2. The first-order chi connectivity index (χ1) is 14.2. The molecule has 0 aliphatic heterocycles. The van der Waals surface area contributed by atoms with Crippen molar-refractivity contribution in [3.63, 3.8) is 0 Å². The number of carbonyl (C=O) groups excluding carboxylic acids is 1. The Hall–Kier alpha value is -4.30. The molecule has 1 N–H and O–H groups in total. The minimum atomic E-state index is -0.468. The van der Waals surface area contributed by atoms with E-state index in [0.29, 0.717) is 22.2 Å². The van der Waals surface area contributed by atoms with Crippen LogP contribution in [0.2, 0.25) is 0 Å². The lowest BCUT2D eigenvalue weighted by molar-refractivity contribution is 0.104. The molecule has 0 spiro atoms. The molecule has 0 bridgehead atoms. The van der Waals surface area contributed by atoms with Gasteiger partial charge in [0, 0.05) is 17.1 Å². The number of nitrogens with zero attached hydrogens (tertiary/aromatic N) is 2. The fourth-order valence-corrected chi connectivity index (χ4v) is 3.25. The number of hydrogen-bond acceptors (Lipinski definition) is 4. The molecule has 0 saturated carbocycles. The van der Waals surface area contributed by atoms with Crippen molar-refractivity contribution in [1.82, 2.24) is 9.97 Å². The lowest BCUT2D eigenvalue weighted by atomic mass is 9.94. The molecule has 5 heteroatoms. The number of nitriles is 1. The molecule has 2 aromatic heterocycles. The van der Waals surface area contributed by atoms with Gasteiger partial charge in [0.2, 0.25) is 0 Å². The van der Waals surface area contributed by atoms with Crippen molar-refractivity contribution >= 4 is 22.8 Å². The van der Waals surface area contributed by atoms with Gasteiger partial charge in [0.05, 0.1) is 28.9 Å². The molecule has 29 heavy (non-hydrogen) atoms. The summed E-state index contributed by atoms with van der Waals surface area (Å²) in [4.78, 5) is 32.7. The van der Waals surface area contributed by atoms with E-state index in [1.807, 2.05) is 30.3 Å². The third-order valence-corrected chi connectivity index (χ3v) is 4.57. The Bertz CT molecular complexity index is 1350. The van der Waals surface area contributed by atoms with E-state index in [4.69, 9.17) is 5.26 Å². The van der Waals surface area contributed by atoms with Crippen LogP contribution in [0.15, 0.2) is 83.9 Å². The number of fused-ring (bicyclic) bond motifs is 1. The first-order valence-electron chi connectivity index (χ1n) is 8.95. The summed E-state index contributed by atoms with van der Waals surface area (Å²) in [5.74, 6) is -0.411. The van der Waals surface area contributed by atoms with Crippen LogP contribution in [0.1, 0.15) is 21.5 Å². The monoisotopic (exact) mass is 377 g/mol. The van der Waals surface area contributed by atoms with Crippen LogP contribution in [0.25, 0.3) is 28.1 Å². The van der Waals surface area contributed by atoms with Gasteiger partial charge in [0.1, 0.15) is 0 Å². The van der Waals surface area contributed by atoms with Gasteiger partial charge >= 0.3 is 0 Å². The van der Waals surface area contributed by atoms with E-state index >= 15 is 0 Å². The summed E-state index contributed by atoms with van der Waals surface area (Å²) in [5.41, 5.74) is 2.73. The zero-order valence-corrected chi connectivity index (χ0v) is 15.3. The van der Waals surface area contributed by atoms with Gasteiger partial charge in [-0.1, -0.05) is 48.5 Å². The summed E-state index contributed by atoms with van der Waals surface area (Å²) in [6.45, 7) is 0. The molecule has 0 aliphatic carbocycles. The van der Waals surface area contributed by atoms with Crippen LogP contribution >= 0.6 is 0 Å². The Morgan fingerprint density at radius 3 is 2.69 bits per heavy atom. The number of allylic oxidation sites excluding steroid dienone is 1. The number of hydrogen-bond donors (Lipinski definition) is 1. The molecule has 4 aromatic rings. The Kier molecular flexibility index (Phi) is 4.83. The Labute approximate surface area is 166 Å². The molecule has 5 nitrogen and oxygen atoms in total. The van der Waals surface area contributed by atoms with Gasteiger partial charge in [-0.2, -0.15) is 5.26 Å². The maximum absolute atomic E-state index is 13.0. The van der Waals surface area contributed by atoms with E-state index in [1.165, 1.54) is 6.08 Å². The van der Waals surface area contributed by atoms with E-state index in [2.05, 4.69) is 16.0 Å². The summed E-state index contributed by atoms with van der Waals surface area (Å²) in [5, 5.41) is 9.77. The third kappa shape index (κ3) is 3.60. The van der Waals surface area contributed by atoms with E-state index in [0.717, 1.165) is 10.9 Å². The van der Waals surface area contributed by atoms with Crippen LogP contribution in [0, 0.1) is 11.3 Å². The van der Waals surface area contributed by atoms with Crippen molar-refractivity contribution in [3.8, 4) is 17.2 Å². The second-order valence-electron chi connectivity index (χ2n) is 6.43. The highest BCUT2D eigenvalue weighted by Crippen LogP contribution is 2.29. The SMILES string of the molecule is N#Cc1cccc(/C=C/C(=O)c2c(-c3ccccc3)c3ccncc3[nH]c2=O)c1. The minimum Gasteiger partial charge on any atom is -0.320 e. The number of carbonyl (C=O) groups is 1. The first kappa shape index (κ1) is 18.1. The number of nitrogens with one attached hydrogen (secondary N) is 1. The predicted octanol–water partition coefficient (Wildman–Crippen LogP) is 4.36. The quantitative estimate of drug-likeness (QED) is 0.423. The molecule has 4 rings (SSSR count). The average molecular weight is 377 g/mol. The van der Waals surface area contributed by atoms with E-state index < -0.39 is 11.3 Å². The predicted molar refractivity (Wildman–Crippen MR) is 112 cm³/mol. The maximum atomic E-state index is 13.0. The number of rotatable bonds is 4. The molecule has 2 heterocycles. The van der Waals surface area contributed by atoms with Crippen LogP contribution in [-0.2, 0) is 0 Å². The number of H-pyrrole nitrogens is 1. The number of benzene rings is 2. The zero-order chi connectivity index (χ0) is 20.2. The molecular weight excluding hydrogens is 362 g/mol. The molecule has 0 amide bonds. The zero-order valence-electron chi connectivity index (χ0n) is 15.3. The molecule has 0 radical (unpaired) electrons. The van der Waals surface area contributed by atoms with Gasteiger partial charge in [0.15, 0.2) is 5.78 Å². The highest BCUT2D eigenvalue weighted by Gasteiger charge is 2.19. The van der Waals surface area contributed by atoms with Gasteiger partial charge in [-0.25, -0.2) is 0 Å². The van der Waals surface area contributed by atoms with Gasteiger partial charge in [0.25, 0.3) is 5.56 Å². The summed E-state index contributed by atoms with van der Waals surface area (Å²) >= 11 is 0. The van der Waals surface area contributed by atoms with Gasteiger partial charge in [-0.15, -0.1) is 0 Å². The van der Waals surface area contributed by atoms with Crippen molar-refractivity contribution in [2.45, 2.75) is 0 Å². The second kappa shape index (κ2) is 7.75. The van der Waals surface area contributed by atoms with Crippen LogP contribution in [0.3, 0.4) is 0 Å². The molecule has 0 unspecified atom stereocenters. The molecule has 0 saturated heterocycles. The maximum Gasteiger partial charge on any atom is 0.260 e. The Morgan fingerprint density at radius 1 is 1.07 bits per heavy atom. The Balaban J connectivity index is 1.88. The largest absolute Gasteiger partial charge is 0.320 e. The standard InChI is InChI=1S/C24H15N3O2/c25-14-17-6-4-5-16(13-17)9-10-21(28)23-22(18-7-2-1-3-8-18)19-11-12-26-15-20(19)27-24(23)29/h1-13,15H,(H,27,29)/b10-9+. The fourth-order valence-electron chi connectivity index (χ4n) is 3.25. The summed E-state index contributed by atoms with van der Waals surface area (Å²) in [6.07, 6.45) is 6.17. The third-order valence-electron chi connectivity index (χ3n) is 4.57. The van der Waals surface area contributed by atoms with Crippen molar-refractivity contribution < 1.29 is 4.79 Å². The molecule has 0 aliphatic rings. The lowest BCUT2D eigenvalue weighted by Crippen LogP contribution is -2.18. The van der Waals surface area contributed by atoms with Crippen molar-refractivity contribution in [1.29, 1.82) is 5.26 Å².